The van der Waals surface area contributed by atoms with Gasteiger partial charge in [-0.15, -0.1) is 0 Å². The van der Waals surface area contributed by atoms with Crippen molar-refractivity contribution in [1.29, 1.82) is 0 Å². The number of hydrogen-bond donors (Lipinski definition) is 1. The largest absolute Gasteiger partial charge is 0.294 e. The number of amides is 2. The average Bonchev–Trinajstić information content (AvgIpc) is 2.33. The van der Waals surface area contributed by atoms with Crippen LogP contribution in [0.2, 0.25) is 0 Å². The van der Waals surface area contributed by atoms with Gasteiger partial charge in [0.1, 0.15) is 16.8 Å². The van der Waals surface area contributed by atoms with Crippen LogP contribution in [0.25, 0.3) is 0 Å². The van der Waals surface area contributed by atoms with Crippen molar-refractivity contribution in [2.75, 3.05) is 6.54 Å². The minimum Gasteiger partial charge on any atom is -0.294 e. The molecular weight excluding hydrogens is 355 g/mol. The zero-order valence-corrected chi connectivity index (χ0v) is 12.7. The summed E-state index contributed by atoms with van der Waals surface area (Å²) < 4.78 is 39.6. The van der Waals surface area contributed by atoms with Crippen molar-refractivity contribution in [3.63, 3.8) is 0 Å². The lowest BCUT2D eigenvalue weighted by Gasteiger charge is -2.30. The Kier molecular flexibility index (Phi) is 3.94. The van der Waals surface area contributed by atoms with E-state index in [1.165, 1.54) is 13.0 Å². The zero-order valence-electron chi connectivity index (χ0n) is 10.3. The molecule has 1 aliphatic heterocycles. The maximum absolute atomic E-state index is 13.8. The van der Waals surface area contributed by atoms with Crippen molar-refractivity contribution in [2.24, 2.45) is 0 Å². The first-order chi connectivity index (χ1) is 9.23. The van der Waals surface area contributed by atoms with Crippen molar-refractivity contribution >= 4 is 37.8 Å². The lowest BCUT2D eigenvalue weighted by Crippen LogP contribution is -2.58. The number of halogens is 2. The quantitative estimate of drug-likeness (QED) is 0.779. The van der Waals surface area contributed by atoms with Gasteiger partial charge in [0.15, 0.2) is 0 Å². The van der Waals surface area contributed by atoms with Gasteiger partial charge < -0.3 is 0 Å². The molecule has 1 N–H and O–H groups in total. The molecule has 1 unspecified atom stereocenters. The molecule has 6 nitrogen and oxygen atoms in total. The van der Waals surface area contributed by atoms with Gasteiger partial charge in [0.05, 0.1) is 6.54 Å². The van der Waals surface area contributed by atoms with E-state index in [2.05, 4.69) is 15.9 Å². The molecule has 0 saturated carbocycles. The number of carbonyl (C=O) groups excluding carboxylic acids is 2. The third kappa shape index (κ3) is 2.60. The topological polar surface area (TPSA) is 83.6 Å². The minimum atomic E-state index is -4.27. The number of carbonyl (C=O) groups is 2. The average molecular weight is 365 g/mol. The first-order valence-electron chi connectivity index (χ1n) is 5.54. The molecule has 1 fully saturated rings. The van der Waals surface area contributed by atoms with Crippen LogP contribution in [0.5, 0.6) is 0 Å². The molecule has 1 aromatic carbocycles. The highest BCUT2D eigenvalue weighted by molar-refractivity contribution is 9.10. The third-order valence-corrected chi connectivity index (χ3v) is 5.30. The smallest absolute Gasteiger partial charge is 0.247 e. The summed E-state index contributed by atoms with van der Waals surface area (Å²) in [4.78, 5) is 22.2. The van der Waals surface area contributed by atoms with Gasteiger partial charge in [0.25, 0.3) is 0 Å². The summed E-state index contributed by atoms with van der Waals surface area (Å²) in [6.45, 7) is 0.806. The van der Waals surface area contributed by atoms with Crippen LogP contribution >= 0.6 is 15.9 Å². The van der Waals surface area contributed by atoms with E-state index in [9.17, 15) is 22.4 Å². The van der Waals surface area contributed by atoms with Crippen LogP contribution in [-0.4, -0.2) is 37.1 Å². The van der Waals surface area contributed by atoms with Gasteiger partial charge in [-0.1, -0.05) is 15.9 Å². The Hall–Kier alpha value is -1.32. The number of nitrogens with one attached hydrogen (secondary N) is 1. The number of imide groups is 1. The monoisotopic (exact) mass is 364 g/mol. The highest BCUT2D eigenvalue weighted by Gasteiger charge is 2.39. The van der Waals surface area contributed by atoms with Gasteiger partial charge in [-0.2, -0.15) is 4.31 Å². The molecule has 0 bridgehead atoms. The standard InChI is InChI=1S/C11H10BrFN2O4S/c1-6-11(17)14-10(16)5-15(6)20(18,19)9-3-2-7(12)4-8(9)13/h2-4,6H,5H2,1H3,(H,14,16,17). The molecule has 1 saturated heterocycles. The summed E-state index contributed by atoms with van der Waals surface area (Å²) >= 11 is 3.02. The first-order valence-corrected chi connectivity index (χ1v) is 7.77. The molecule has 1 heterocycles. The molecule has 1 aromatic rings. The van der Waals surface area contributed by atoms with E-state index in [0.717, 1.165) is 12.1 Å². The fourth-order valence-electron chi connectivity index (χ4n) is 1.79. The zero-order chi connectivity index (χ0) is 15.1. The Labute approximate surface area is 123 Å². The third-order valence-electron chi connectivity index (χ3n) is 2.85. The van der Waals surface area contributed by atoms with Crippen molar-refractivity contribution < 1.29 is 22.4 Å². The fourth-order valence-corrected chi connectivity index (χ4v) is 3.72. The molecule has 9 heteroatoms. The Balaban J connectivity index is 2.48. The van der Waals surface area contributed by atoms with E-state index in [0.29, 0.717) is 8.78 Å². The molecule has 0 aliphatic carbocycles. The minimum absolute atomic E-state index is 0.384. The number of sulfonamides is 1. The summed E-state index contributed by atoms with van der Waals surface area (Å²) in [5.74, 6) is -2.43. The molecule has 108 valence electrons. The van der Waals surface area contributed by atoms with Crippen molar-refractivity contribution in [2.45, 2.75) is 17.9 Å². The fraction of sp³-hybridized carbons (Fsp3) is 0.273. The summed E-state index contributed by atoms with van der Waals surface area (Å²) in [6, 6.07) is 2.37. The molecule has 2 amide bonds. The highest BCUT2D eigenvalue weighted by atomic mass is 79.9. The van der Waals surface area contributed by atoms with E-state index in [1.54, 1.807) is 0 Å². The molecular formula is C11H10BrFN2O4S. The summed E-state index contributed by atoms with van der Waals surface area (Å²) in [7, 11) is -4.27. The Morgan fingerprint density at radius 3 is 2.65 bits per heavy atom. The highest BCUT2D eigenvalue weighted by Crippen LogP contribution is 2.24. The van der Waals surface area contributed by atoms with Gasteiger partial charge in [0.2, 0.25) is 21.8 Å². The molecule has 0 radical (unpaired) electrons. The van der Waals surface area contributed by atoms with E-state index >= 15 is 0 Å². The molecule has 20 heavy (non-hydrogen) atoms. The molecule has 1 atom stereocenters. The van der Waals surface area contributed by atoms with Gasteiger partial charge in [0, 0.05) is 4.47 Å². The van der Waals surface area contributed by atoms with Gasteiger partial charge in [-0.3, -0.25) is 14.9 Å². The van der Waals surface area contributed by atoms with Crippen LogP contribution in [0.4, 0.5) is 4.39 Å². The second-order valence-corrected chi connectivity index (χ2v) is 6.99. The van der Waals surface area contributed by atoms with Crippen molar-refractivity contribution in [3.05, 3.63) is 28.5 Å². The lowest BCUT2D eigenvalue weighted by atomic mass is 10.2. The summed E-state index contributed by atoms with van der Waals surface area (Å²) in [5.41, 5.74) is 0. The van der Waals surface area contributed by atoms with E-state index in [1.807, 2.05) is 5.32 Å². The van der Waals surface area contributed by atoms with Gasteiger partial charge in [-0.25, -0.2) is 12.8 Å². The predicted octanol–water partition coefficient (Wildman–Crippen LogP) is 0.624. The van der Waals surface area contributed by atoms with E-state index in [-0.39, 0.29) is 0 Å². The Morgan fingerprint density at radius 2 is 2.05 bits per heavy atom. The van der Waals surface area contributed by atoms with Crippen LogP contribution in [0.3, 0.4) is 0 Å². The normalized spacial score (nSPS) is 20.9. The molecule has 1 aliphatic rings. The summed E-state index contributed by atoms with van der Waals surface area (Å²) in [6.07, 6.45) is 0. The van der Waals surface area contributed by atoms with Crippen LogP contribution in [0.1, 0.15) is 6.92 Å². The maximum Gasteiger partial charge on any atom is 0.247 e. The first kappa shape index (κ1) is 15.1. The Morgan fingerprint density at radius 1 is 1.40 bits per heavy atom. The van der Waals surface area contributed by atoms with Crippen LogP contribution in [-0.2, 0) is 19.6 Å². The maximum atomic E-state index is 13.8. The van der Waals surface area contributed by atoms with Crippen LogP contribution in [0.15, 0.2) is 27.6 Å². The predicted molar refractivity (Wildman–Crippen MR) is 70.6 cm³/mol. The number of nitrogens with zero attached hydrogens (tertiary/aromatic N) is 1. The van der Waals surface area contributed by atoms with E-state index in [4.69, 9.17) is 0 Å². The SMILES string of the molecule is CC1C(=O)NC(=O)CN1S(=O)(=O)c1ccc(Br)cc1F. The van der Waals surface area contributed by atoms with E-state index < -0.39 is 45.1 Å². The van der Waals surface area contributed by atoms with Crippen molar-refractivity contribution in [3.8, 4) is 0 Å². The van der Waals surface area contributed by atoms with Crippen molar-refractivity contribution in [1.82, 2.24) is 9.62 Å². The number of hydrogen-bond acceptors (Lipinski definition) is 4. The van der Waals surface area contributed by atoms with Gasteiger partial charge in [-0.05, 0) is 25.1 Å². The molecule has 0 aromatic heterocycles. The number of rotatable bonds is 2. The molecule has 2 rings (SSSR count). The van der Waals surface area contributed by atoms with Gasteiger partial charge >= 0.3 is 0 Å². The number of piperazine rings is 1. The van der Waals surface area contributed by atoms with Crippen LogP contribution in [0, 0.1) is 5.82 Å². The van der Waals surface area contributed by atoms with Crippen LogP contribution < -0.4 is 5.32 Å². The molecule has 0 spiro atoms. The number of benzene rings is 1. The lowest BCUT2D eigenvalue weighted by molar-refractivity contribution is -0.136. The second-order valence-electron chi connectivity index (χ2n) is 4.21. The Bertz CT molecular complexity index is 692. The second kappa shape index (κ2) is 5.23. The summed E-state index contributed by atoms with van der Waals surface area (Å²) in [5, 5.41) is 2.02.